The van der Waals surface area contributed by atoms with Crippen LogP contribution in [0.1, 0.15) is 41.0 Å². The van der Waals surface area contributed by atoms with Crippen molar-refractivity contribution >= 4 is 0 Å². The van der Waals surface area contributed by atoms with Crippen molar-refractivity contribution in [2.75, 3.05) is 19.7 Å². The van der Waals surface area contributed by atoms with Crippen LogP contribution in [0.2, 0.25) is 0 Å². The maximum Gasteiger partial charge on any atom is 0.0746 e. The zero-order valence-corrected chi connectivity index (χ0v) is 10.8. The lowest BCUT2D eigenvalue weighted by Crippen LogP contribution is -2.43. The summed E-state index contributed by atoms with van der Waals surface area (Å²) in [6.45, 7) is 11.5. The molecule has 0 saturated carbocycles. The zero-order valence-electron chi connectivity index (χ0n) is 10.8. The minimum atomic E-state index is -0.653. The van der Waals surface area contributed by atoms with E-state index in [9.17, 15) is 5.11 Å². The highest BCUT2D eigenvalue weighted by Gasteiger charge is 2.23. The van der Waals surface area contributed by atoms with Gasteiger partial charge in [-0.05, 0) is 19.3 Å². The summed E-state index contributed by atoms with van der Waals surface area (Å²) < 4.78 is 0. The van der Waals surface area contributed by atoms with Crippen LogP contribution in [0.25, 0.3) is 0 Å². The van der Waals surface area contributed by atoms with Crippen LogP contribution in [0.4, 0.5) is 0 Å². The van der Waals surface area contributed by atoms with Gasteiger partial charge in [0.05, 0.1) is 5.60 Å². The van der Waals surface area contributed by atoms with Gasteiger partial charge in [0.15, 0.2) is 0 Å². The lowest BCUT2D eigenvalue weighted by molar-refractivity contribution is 0.0345. The molecular weight excluding hydrogens is 190 g/mol. The number of hydrogen-bond donors (Lipinski definition) is 3. The van der Waals surface area contributed by atoms with Gasteiger partial charge >= 0.3 is 0 Å². The Hall–Kier alpha value is -0.120. The normalized spacial score (nSPS) is 16.8. The SMILES string of the molecule is CC(C)CC(C)(O)CNCC(C)(C)CO. The minimum absolute atomic E-state index is 0.117. The van der Waals surface area contributed by atoms with Crippen molar-refractivity contribution in [2.45, 2.75) is 46.6 Å². The fourth-order valence-electron chi connectivity index (χ4n) is 1.68. The van der Waals surface area contributed by atoms with Gasteiger partial charge < -0.3 is 15.5 Å². The molecular formula is C12H27NO2. The molecule has 0 radical (unpaired) electrons. The summed E-state index contributed by atoms with van der Waals surface area (Å²) in [6.07, 6.45) is 0.791. The van der Waals surface area contributed by atoms with Gasteiger partial charge in [0, 0.05) is 25.1 Å². The molecule has 92 valence electrons. The first-order valence-electron chi connectivity index (χ1n) is 5.72. The third-order valence-corrected chi connectivity index (χ3v) is 2.39. The van der Waals surface area contributed by atoms with Gasteiger partial charge in [-0.3, -0.25) is 0 Å². The van der Waals surface area contributed by atoms with E-state index in [2.05, 4.69) is 19.2 Å². The van der Waals surface area contributed by atoms with Crippen molar-refractivity contribution in [3.63, 3.8) is 0 Å². The molecule has 0 aliphatic rings. The molecule has 0 aliphatic heterocycles. The van der Waals surface area contributed by atoms with Crippen molar-refractivity contribution in [3.8, 4) is 0 Å². The monoisotopic (exact) mass is 217 g/mol. The smallest absolute Gasteiger partial charge is 0.0746 e. The lowest BCUT2D eigenvalue weighted by atomic mass is 9.92. The van der Waals surface area contributed by atoms with E-state index in [1.807, 2.05) is 20.8 Å². The Labute approximate surface area is 93.9 Å². The van der Waals surface area contributed by atoms with Gasteiger partial charge in [0.2, 0.25) is 0 Å². The van der Waals surface area contributed by atoms with Gasteiger partial charge in [-0.25, -0.2) is 0 Å². The molecule has 0 spiro atoms. The molecule has 0 rings (SSSR count). The maximum atomic E-state index is 10.0. The second-order valence-corrected chi connectivity index (χ2v) is 6.02. The van der Waals surface area contributed by atoms with Gasteiger partial charge in [0.1, 0.15) is 0 Å². The van der Waals surface area contributed by atoms with Gasteiger partial charge in [0.25, 0.3) is 0 Å². The number of hydrogen-bond acceptors (Lipinski definition) is 3. The minimum Gasteiger partial charge on any atom is -0.396 e. The van der Waals surface area contributed by atoms with E-state index < -0.39 is 5.60 Å². The summed E-state index contributed by atoms with van der Waals surface area (Å²) >= 11 is 0. The molecule has 1 unspecified atom stereocenters. The Morgan fingerprint density at radius 3 is 2.07 bits per heavy atom. The largest absolute Gasteiger partial charge is 0.396 e. The molecule has 0 saturated heterocycles. The van der Waals surface area contributed by atoms with Crippen LogP contribution >= 0.6 is 0 Å². The number of aliphatic hydroxyl groups excluding tert-OH is 1. The summed E-state index contributed by atoms with van der Waals surface area (Å²) in [4.78, 5) is 0. The molecule has 0 aromatic rings. The summed E-state index contributed by atoms with van der Waals surface area (Å²) in [5.74, 6) is 0.493. The summed E-state index contributed by atoms with van der Waals surface area (Å²) in [7, 11) is 0. The third-order valence-electron chi connectivity index (χ3n) is 2.39. The van der Waals surface area contributed by atoms with E-state index in [-0.39, 0.29) is 12.0 Å². The van der Waals surface area contributed by atoms with E-state index in [1.54, 1.807) is 0 Å². The third kappa shape index (κ3) is 7.77. The van der Waals surface area contributed by atoms with Crippen molar-refractivity contribution in [1.29, 1.82) is 0 Å². The predicted molar refractivity (Wildman–Crippen MR) is 63.8 cm³/mol. The number of nitrogens with one attached hydrogen (secondary N) is 1. The summed E-state index contributed by atoms with van der Waals surface area (Å²) in [6, 6.07) is 0. The first-order chi connectivity index (χ1) is 6.68. The van der Waals surface area contributed by atoms with Crippen molar-refractivity contribution < 1.29 is 10.2 Å². The Balaban J connectivity index is 3.84. The van der Waals surface area contributed by atoms with Crippen LogP contribution in [0.15, 0.2) is 0 Å². The van der Waals surface area contributed by atoms with Crippen LogP contribution in [-0.4, -0.2) is 35.5 Å². The topological polar surface area (TPSA) is 52.5 Å². The highest BCUT2D eigenvalue weighted by molar-refractivity contribution is 4.79. The summed E-state index contributed by atoms with van der Waals surface area (Å²) in [5, 5.41) is 22.3. The number of aliphatic hydroxyl groups is 2. The second-order valence-electron chi connectivity index (χ2n) is 6.02. The summed E-state index contributed by atoms with van der Waals surface area (Å²) in [5.41, 5.74) is -0.770. The molecule has 3 heteroatoms. The first-order valence-corrected chi connectivity index (χ1v) is 5.72. The van der Waals surface area contributed by atoms with Gasteiger partial charge in [-0.15, -0.1) is 0 Å². The molecule has 0 aromatic heterocycles. The van der Waals surface area contributed by atoms with Crippen LogP contribution in [0, 0.1) is 11.3 Å². The molecule has 15 heavy (non-hydrogen) atoms. The maximum absolute atomic E-state index is 10.0. The predicted octanol–water partition coefficient (Wildman–Crippen LogP) is 1.39. The van der Waals surface area contributed by atoms with Crippen molar-refractivity contribution in [2.24, 2.45) is 11.3 Å². The zero-order chi connectivity index (χ0) is 12.1. The van der Waals surface area contributed by atoms with E-state index in [1.165, 1.54) is 0 Å². The Bertz CT molecular complexity index is 176. The van der Waals surface area contributed by atoms with Crippen LogP contribution in [0.3, 0.4) is 0 Å². The van der Waals surface area contributed by atoms with Crippen LogP contribution < -0.4 is 5.32 Å². The Morgan fingerprint density at radius 1 is 1.13 bits per heavy atom. The average Bonchev–Trinajstić information content (AvgIpc) is 2.00. The van der Waals surface area contributed by atoms with Crippen LogP contribution in [-0.2, 0) is 0 Å². The first kappa shape index (κ1) is 14.9. The average molecular weight is 217 g/mol. The Morgan fingerprint density at radius 2 is 1.67 bits per heavy atom. The highest BCUT2D eigenvalue weighted by atomic mass is 16.3. The molecule has 0 heterocycles. The number of rotatable bonds is 7. The molecule has 0 bridgehead atoms. The van der Waals surface area contributed by atoms with Gasteiger partial charge in [-0.2, -0.15) is 0 Å². The molecule has 0 aromatic carbocycles. The lowest BCUT2D eigenvalue weighted by Gasteiger charge is -2.28. The highest BCUT2D eigenvalue weighted by Crippen LogP contribution is 2.16. The molecule has 0 aliphatic carbocycles. The Kier molecular flexibility index (Phi) is 5.78. The molecule has 1 atom stereocenters. The van der Waals surface area contributed by atoms with Crippen molar-refractivity contribution in [3.05, 3.63) is 0 Å². The van der Waals surface area contributed by atoms with Crippen molar-refractivity contribution in [1.82, 2.24) is 5.32 Å². The molecule has 3 nitrogen and oxygen atoms in total. The van der Waals surface area contributed by atoms with Gasteiger partial charge in [-0.1, -0.05) is 27.7 Å². The van der Waals surface area contributed by atoms with E-state index in [0.29, 0.717) is 12.5 Å². The van der Waals surface area contributed by atoms with E-state index in [4.69, 9.17) is 5.11 Å². The fraction of sp³-hybridized carbons (Fsp3) is 1.00. The fourth-order valence-corrected chi connectivity index (χ4v) is 1.68. The van der Waals surface area contributed by atoms with E-state index in [0.717, 1.165) is 13.0 Å². The molecule has 0 fully saturated rings. The standard InChI is InChI=1S/C12H27NO2/c1-10(2)6-12(5,15)8-13-7-11(3,4)9-14/h10,13-15H,6-9H2,1-5H3. The van der Waals surface area contributed by atoms with E-state index >= 15 is 0 Å². The molecule has 0 amide bonds. The van der Waals surface area contributed by atoms with Crippen LogP contribution in [0.5, 0.6) is 0 Å². The molecule has 3 N–H and O–H groups in total. The quantitative estimate of drug-likeness (QED) is 0.604. The second kappa shape index (κ2) is 5.83.